The van der Waals surface area contributed by atoms with Crippen LogP contribution in [0.3, 0.4) is 0 Å². The molecule has 0 aliphatic carbocycles. The number of esters is 1. The topological polar surface area (TPSA) is 88.1 Å². The lowest BCUT2D eigenvalue weighted by Gasteiger charge is -2.16. The van der Waals surface area contributed by atoms with Crippen molar-refractivity contribution in [1.29, 1.82) is 0 Å². The first kappa shape index (κ1) is 25.9. The molecule has 2 heterocycles. The highest BCUT2D eigenvalue weighted by Crippen LogP contribution is 2.33. The number of fused-ring (bicyclic) bond motifs is 1. The Kier molecular flexibility index (Phi) is 6.81. The maximum absolute atomic E-state index is 13.5. The number of carbonyl (C=O) groups excluding carboxylic acids is 1. The van der Waals surface area contributed by atoms with E-state index in [4.69, 9.17) is 4.74 Å². The van der Waals surface area contributed by atoms with E-state index in [2.05, 4.69) is 4.98 Å². The average molecular weight is 515 g/mol. The molecule has 0 N–H and O–H groups in total. The summed E-state index contributed by atoms with van der Waals surface area (Å²) in [5, 5.41) is 0. The molecule has 11 heteroatoms. The Morgan fingerprint density at radius 3 is 2.51 bits per heavy atom. The zero-order valence-corrected chi connectivity index (χ0v) is 20.7. The van der Waals surface area contributed by atoms with Gasteiger partial charge in [-0.3, -0.25) is 13.9 Å². The van der Waals surface area contributed by atoms with Gasteiger partial charge in [0.1, 0.15) is 5.56 Å². The van der Waals surface area contributed by atoms with Gasteiger partial charge in [0.15, 0.2) is 0 Å². The SMILES string of the molecule is CCOC(=O)c1cn(-c2ccc3c(c2)ncn3C(C)C)c(=O)n(Cc2cccc(C(F)(F)F)c2C)c1=O. The molecule has 0 unspecified atom stereocenters. The van der Waals surface area contributed by atoms with E-state index in [1.54, 1.807) is 31.5 Å². The van der Waals surface area contributed by atoms with Crippen LogP contribution < -0.4 is 11.2 Å². The van der Waals surface area contributed by atoms with E-state index in [9.17, 15) is 27.6 Å². The molecule has 0 saturated carbocycles. The summed E-state index contributed by atoms with van der Waals surface area (Å²) in [6, 6.07) is 8.73. The Balaban J connectivity index is 1.92. The second-order valence-corrected chi connectivity index (χ2v) is 8.81. The Morgan fingerprint density at radius 2 is 1.86 bits per heavy atom. The minimum Gasteiger partial charge on any atom is -0.462 e. The Labute approximate surface area is 209 Å². The average Bonchev–Trinajstić information content (AvgIpc) is 3.26. The van der Waals surface area contributed by atoms with Gasteiger partial charge in [0.25, 0.3) is 5.56 Å². The smallest absolute Gasteiger partial charge is 0.416 e. The number of alkyl halides is 3. The summed E-state index contributed by atoms with van der Waals surface area (Å²) >= 11 is 0. The van der Waals surface area contributed by atoms with Crippen molar-refractivity contribution < 1.29 is 22.7 Å². The van der Waals surface area contributed by atoms with Crippen LogP contribution in [0.4, 0.5) is 13.2 Å². The van der Waals surface area contributed by atoms with Crippen LogP contribution in [0.2, 0.25) is 0 Å². The fraction of sp³-hybridized carbons (Fsp3) is 0.308. The molecule has 0 spiro atoms. The second-order valence-electron chi connectivity index (χ2n) is 8.81. The van der Waals surface area contributed by atoms with Gasteiger partial charge >= 0.3 is 17.8 Å². The van der Waals surface area contributed by atoms with Crippen molar-refractivity contribution in [3.8, 4) is 5.69 Å². The predicted molar refractivity (Wildman–Crippen MR) is 131 cm³/mol. The van der Waals surface area contributed by atoms with Crippen LogP contribution in [-0.4, -0.2) is 31.3 Å². The molecular formula is C26H25F3N4O4. The molecule has 0 amide bonds. The summed E-state index contributed by atoms with van der Waals surface area (Å²) < 4.78 is 49.1. The molecular weight excluding hydrogens is 489 g/mol. The van der Waals surface area contributed by atoms with Gasteiger partial charge in [-0.05, 0) is 63.1 Å². The van der Waals surface area contributed by atoms with Crippen molar-refractivity contribution >= 4 is 17.0 Å². The summed E-state index contributed by atoms with van der Waals surface area (Å²) in [6.45, 7) is 6.36. The standard InChI is InChI=1S/C26H25F3N4O4/c1-5-37-24(35)19-13-31(18-9-10-22-21(11-18)30-14-33(22)15(2)3)25(36)32(23(19)34)12-17-7-6-8-20(16(17)4)26(27,28)29/h6-11,13-15H,5,12H2,1-4H3. The molecule has 2 aromatic carbocycles. The lowest BCUT2D eigenvalue weighted by Crippen LogP contribution is -2.42. The summed E-state index contributed by atoms with van der Waals surface area (Å²) in [5.41, 5.74) is -1.33. The number of imidazole rings is 1. The second kappa shape index (κ2) is 9.72. The number of rotatable bonds is 6. The molecule has 0 aliphatic rings. The van der Waals surface area contributed by atoms with Gasteiger partial charge in [-0.2, -0.15) is 13.2 Å². The number of halogens is 3. The van der Waals surface area contributed by atoms with E-state index in [1.807, 2.05) is 18.4 Å². The van der Waals surface area contributed by atoms with E-state index < -0.39 is 41.1 Å². The van der Waals surface area contributed by atoms with Gasteiger partial charge in [-0.25, -0.2) is 14.6 Å². The third-order valence-electron chi connectivity index (χ3n) is 6.14. The summed E-state index contributed by atoms with van der Waals surface area (Å²) in [5.74, 6) is -0.944. The number of nitrogens with zero attached hydrogens (tertiary/aromatic N) is 4. The first-order valence-electron chi connectivity index (χ1n) is 11.6. The summed E-state index contributed by atoms with van der Waals surface area (Å²) in [7, 11) is 0. The van der Waals surface area contributed by atoms with Crippen LogP contribution >= 0.6 is 0 Å². The van der Waals surface area contributed by atoms with Crippen molar-refractivity contribution in [3.63, 3.8) is 0 Å². The monoisotopic (exact) mass is 514 g/mol. The van der Waals surface area contributed by atoms with E-state index in [0.29, 0.717) is 11.2 Å². The molecule has 194 valence electrons. The van der Waals surface area contributed by atoms with Gasteiger partial charge in [-0.1, -0.05) is 12.1 Å². The van der Waals surface area contributed by atoms with E-state index >= 15 is 0 Å². The number of benzene rings is 2. The fourth-order valence-corrected chi connectivity index (χ4v) is 4.19. The summed E-state index contributed by atoms with van der Waals surface area (Å²) in [6.07, 6.45) is -1.84. The maximum Gasteiger partial charge on any atom is 0.416 e. The van der Waals surface area contributed by atoms with Crippen LogP contribution in [0.15, 0.2) is 58.5 Å². The minimum atomic E-state index is -4.60. The number of ether oxygens (including phenoxy) is 1. The van der Waals surface area contributed by atoms with E-state index in [0.717, 1.165) is 26.9 Å². The molecule has 0 bridgehead atoms. The van der Waals surface area contributed by atoms with E-state index in [-0.39, 0.29) is 23.8 Å². The molecule has 4 rings (SSSR count). The van der Waals surface area contributed by atoms with Crippen LogP contribution in [0, 0.1) is 6.92 Å². The molecule has 37 heavy (non-hydrogen) atoms. The van der Waals surface area contributed by atoms with Gasteiger partial charge in [-0.15, -0.1) is 0 Å². The lowest BCUT2D eigenvalue weighted by atomic mass is 10.0. The van der Waals surface area contributed by atoms with Crippen molar-refractivity contribution in [2.45, 2.75) is 46.5 Å². The van der Waals surface area contributed by atoms with Crippen LogP contribution in [-0.2, 0) is 17.5 Å². The molecule has 8 nitrogen and oxygen atoms in total. The van der Waals surface area contributed by atoms with Crippen molar-refractivity contribution in [2.75, 3.05) is 6.61 Å². The highest BCUT2D eigenvalue weighted by Gasteiger charge is 2.33. The third kappa shape index (κ3) is 4.81. The Bertz CT molecular complexity index is 1610. The minimum absolute atomic E-state index is 0.0112. The van der Waals surface area contributed by atoms with Gasteiger partial charge in [0.05, 0.1) is 41.8 Å². The largest absolute Gasteiger partial charge is 0.462 e. The van der Waals surface area contributed by atoms with Crippen LogP contribution in [0.5, 0.6) is 0 Å². The molecule has 0 saturated heterocycles. The fourth-order valence-electron chi connectivity index (χ4n) is 4.19. The Hall–Kier alpha value is -4.15. The molecule has 0 aliphatic heterocycles. The van der Waals surface area contributed by atoms with Crippen LogP contribution in [0.25, 0.3) is 16.7 Å². The van der Waals surface area contributed by atoms with Gasteiger partial charge in [0, 0.05) is 12.2 Å². The van der Waals surface area contributed by atoms with Gasteiger partial charge in [0.2, 0.25) is 0 Å². The van der Waals surface area contributed by atoms with Crippen LogP contribution in [0.1, 0.15) is 53.9 Å². The number of carbonyl (C=O) groups is 1. The first-order chi connectivity index (χ1) is 17.4. The number of hydrogen-bond donors (Lipinski definition) is 0. The lowest BCUT2D eigenvalue weighted by molar-refractivity contribution is -0.138. The van der Waals surface area contributed by atoms with E-state index in [1.165, 1.54) is 19.1 Å². The zero-order chi connectivity index (χ0) is 27.1. The first-order valence-corrected chi connectivity index (χ1v) is 11.6. The molecule has 0 atom stereocenters. The Morgan fingerprint density at radius 1 is 1.14 bits per heavy atom. The molecule has 0 radical (unpaired) electrons. The highest BCUT2D eigenvalue weighted by atomic mass is 19.4. The van der Waals surface area contributed by atoms with Crippen molar-refractivity contribution in [2.24, 2.45) is 0 Å². The molecule has 0 fully saturated rings. The molecule has 4 aromatic rings. The quantitative estimate of drug-likeness (QED) is 0.354. The van der Waals surface area contributed by atoms with Crippen molar-refractivity contribution in [3.05, 3.63) is 92.0 Å². The number of hydrogen-bond acceptors (Lipinski definition) is 5. The normalized spacial score (nSPS) is 11.9. The predicted octanol–water partition coefficient (Wildman–Crippen LogP) is 4.48. The zero-order valence-electron chi connectivity index (χ0n) is 20.7. The highest BCUT2D eigenvalue weighted by molar-refractivity contribution is 5.88. The van der Waals surface area contributed by atoms with Gasteiger partial charge < -0.3 is 9.30 Å². The third-order valence-corrected chi connectivity index (χ3v) is 6.14. The maximum atomic E-state index is 13.5. The molecule has 2 aromatic heterocycles. The van der Waals surface area contributed by atoms with Crippen molar-refractivity contribution in [1.82, 2.24) is 18.7 Å². The summed E-state index contributed by atoms with van der Waals surface area (Å²) in [4.78, 5) is 43.7. The number of aromatic nitrogens is 4.